The van der Waals surface area contributed by atoms with Gasteiger partial charge in [-0.15, -0.1) is 0 Å². The van der Waals surface area contributed by atoms with Crippen molar-refractivity contribution in [1.82, 2.24) is 0 Å². The van der Waals surface area contributed by atoms with Gasteiger partial charge in [0.05, 0.1) is 0 Å². The van der Waals surface area contributed by atoms with Gasteiger partial charge in [-0.3, -0.25) is 4.79 Å². The molecule has 1 N–H and O–H groups in total. The summed E-state index contributed by atoms with van der Waals surface area (Å²) in [6.07, 6.45) is 3.28. The Labute approximate surface area is 79.9 Å². The first-order valence-electron chi connectivity index (χ1n) is 3.70. The van der Waals surface area contributed by atoms with Gasteiger partial charge in [-0.1, -0.05) is 19.8 Å². The zero-order valence-electron chi connectivity index (χ0n) is 7.24. The fourth-order valence-electron chi connectivity index (χ4n) is 0.526. The standard InChI is InChI=1S/C6H12O2.C2H5.Fe/c1-2-3-4-5-6(7)8;1-2;/h2-5H2,1H3,(H,7,8);1H2,2H3;/q;-1;. The normalized spacial score (nSPS) is 7.18. The van der Waals surface area contributed by atoms with Crippen LogP contribution in [0.3, 0.4) is 0 Å². The van der Waals surface area contributed by atoms with E-state index in [1.54, 1.807) is 6.92 Å². The van der Waals surface area contributed by atoms with Gasteiger partial charge in [0, 0.05) is 23.5 Å². The van der Waals surface area contributed by atoms with Gasteiger partial charge in [0.1, 0.15) is 0 Å². The summed E-state index contributed by atoms with van der Waals surface area (Å²) >= 11 is 0. The molecule has 0 bridgehead atoms. The van der Waals surface area contributed by atoms with Crippen LogP contribution in [0.25, 0.3) is 0 Å². The predicted molar refractivity (Wildman–Crippen MR) is 42.8 cm³/mol. The van der Waals surface area contributed by atoms with Gasteiger partial charge in [0.2, 0.25) is 0 Å². The number of rotatable bonds is 4. The molecule has 0 amide bonds. The SMILES string of the molecule is CCCCCC(=O)O.[CH2-]C.[Fe]. The van der Waals surface area contributed by atoms with Crippen molar-refractivity contribution in [2.75, 3.05) is 0 Å². The molecular formula is C8H17FeO2-. The number of carboxylic acid groups (broad SMARTS) is 1. The van der Waals surface area contributed by atoms with Crippen molar-refractivity contribution < 1.29 is 27.0 Å². The number of carbonyl (C=O) groups is 1. The van der Waals surface area contributed by atoms with E-state index in [4.69, 9.17) is 5.11 Å². The summed E-state index contributed by atoms with van der Waals surface area (Å²) in [5.41, 5.74) is 0. The second-order valence-electron chi connectivity index (χ2n) is 1.85. The molecule has 11 heavy (non-hydrogen) atoms. The zero-order valence-corrected chi connectivity index (χ0v) is 8.35. The van der Waals surface area contributed by atoms with Crippen molar-refractivity contribution in [3.63, 3.8) is 0 Å². The molecule has 0 saturated carbocycles. The Morgan fingerprint density at radius 2 is 1.82 bits per heavy atom. The van der Waals surface area contributed by atoms with Gasteiger partial charge in [0.15, 0.2) is 0 Å². The van der Waals surface area contributed by atoms with Gasteiger partial charge < -0.3 is 12.0 Å². The van der Waals surface area contributed by atoms with E-state index in [1.165, 1.54) is 0 Å². The zero-order chi connectivity index (χ0) is 8.41. The van der Waals surface area contributed by atoms with E-state index >= 15 is 0 Å². The van der Waals surface area contributed by atoms with E-state index in [-0.39, 0.29) is 17.1 Å². The van der Waals surface area contributed by atoms with Gasteiger partial charge in [-0.25, -0.2) is 0 Å². The molecule has 3 heteroatoms. The van der Waals surface area contributed by atoms with E-state index in [9.17, 15) is 4.79 Å². The van der Waals surface area contributed by atoms with E-state index in [1.807, 2.05) is 0 Å². The molecule has 0 atom stereocenters. The summed E-state index contributed by atoms with van der Waals surface area (Å²) < 4.78 is 0. The third-order valence-corrected chi connectivity index (χ3v) is 0.994. The first-order chi connectivity index (χ1) is 4.77. The minimum Gasteiger partial charge on any atom is -0.481 e. The summed E-state index contributed by atoms with van der Waals surface area (Å²) in [4.78, 5) is 9.87. The molecular weight excluding hydrogens is 184 g/mol. The fraction of sp³-hybridized carbons (Fsp3) is 0.750. The molecule has 0 heterocycles. The average Bonchev–Trinajstić information content (AvgIpc) is 1.92. The Kier molecular flexibility index (Phi) is 25.8. The van der Waals surface area contributed by atoms with Gasteiger partial charge in [-0.2, -0.15) is 6.92 Å². The van der Waals surface area contributed by atoms with Crippen LogP contribution >= 0.6 is 0 Å². The number of hydrogen-bond acceptors (Lipinski definition) is 1. The Morgan fingerprint density at radius 3 is 2.09 bits per heavy atom. The number of hydrogen-bond donors (Lipinski definition) is 1. The van der Waals surface area contributed by atoms with Crippen molar-refractivity contribution in [2.24, 2.45) is 0 Å². The average molecular weight is 201 g/mol. The van der Waals surface area contributed by atoms with Crippen molar-refractivity contribution in [1.29, 1.82) is 0 Å². The van der Waals surface area contributed by atoms with Crippen molar-refractivity contribution in [3.8, 4) is 0 Å². The Bertz CT molecular complexity index is 74.5. The molecule has 0 aromatic rings. The Balaban J connectivity index is -0.000000196. The molecule has 0 unspecified atom stereocenters. The van der Waals surface area contributed by atoms with E-state index in [2.05, 4.69) is 13.8 Å². The molecule has 0 aliphatic heterocycles. The van der Waals surface area contributed by atoms with Crippen molar-refractivity contribution in [2.45, 2.75) is 39.5 Å². The summed E-state index contributed by atoms with van der Waals surface area (Å²) in [6.45, 7) is 7.06. The largest absolute Gasteiger partial charge is 0.481 e. The van der Waals surface area contributed by atoms with Crippen LogP contribution in [0, 0.1) is 6.92 Å². The van der Waals surface area contributed by atoms with Crippen LogP contribution in [0.1, 0.15) is 39.5 Å². The van der Waals surface area contributed by atoms with Crippen LogP contribution in [0.15, 0.2) is 0 Å². The number of aliphatic carboxylic acids is 1. The van der Waals surface area contributed by atoms with Crippen LogP contribution in [0.5, 0.6) is 0 Å². The molecule has 0 rings (SSSR count). The van der Waals surface area contributed by atoms with E-state index < -0.39 is 5.97 Å². The topological polar surface area (TPSA) is 37.3 Å². The Hall–Kier alpha value is -0.0105. The third-order valence-electron chi connectivity index (χ3n) is 0.994. The van der Waals surface area contributed by atoms with Crippen LogP contribution in [0.2, 0.25) is 0 Å². The molecule has 0 aliphatic rings. The van der Waals surface area contributed by atoms with Crippen LogP contribution in [-0.4, -0.2) is 11.1 Å². The summed E-state index contributed by atoms with van der Waals surface area (Å²) in [7, 11) is 0. The molecule has 0 fully saturated rings. The maximum Gasteiger partial charge on any atom is 0.303 e. The monoisotopic (exact) mass is 201 g/mol. The smallest absolute Gasteiger partial charge is 0.303 e. The predicted octanol–water partition coefficient (Wildman–Crippen LogP) is 2.49. The number of carboxylic acids is 1. The van der Waals surface area contributed by atoms with Gasteiger partial charge >= 0.3 is 5.97 Å². The summed E-state index contributed by atoms with van der Waals surface area (Å²) in [5.74, 6) is -0.682. The van der Waals surface area contributed by atoms with Crippen molar-refractivity contribution in [3.05, 3.63) is 6.92 Å². The Morgan fingerprint density at radius 1 is 1.36 bits per heavy atom. The molecule has 0 aromatic carbocycles. The molecule has 2 nitrogen and oxygen atoms in total. The van der Waals surface area contributed by atoms with E-state index in [0.717, 1.165) is 19.3 Å². The summed E-state index contributed by atoms with van der Waals surface area (Å²) in [5, 5.41) is 8.14. The maximum atomic E-state index is 9.87. The van der Waals surface area contributed by atoms with Gasteiger partial charge in [-0.05, 0) is 6.42 Å². The summed E-state index contributed by atoms with van der Waals surface area (Å²) in [6, 6.07) is 0. The first kappa shape index (κ1) is 17.2. The van der Waals surface area contributed by atoms with Gasteiger partial charge in [0.25, 0.3) is 0 Å². The molecule has 0 saturated heterocycles. The van der Waals surface area contributed by atoms with Crippen molar-refractivity contribution >= 4 is 5.97 Å². The molecule has 70 valence electrons. The van der Waals surface area contributed by atoms with Crippen LogP contribution in [-0.2, 0) is 21.9 Å². The minimum absolute atomic E-state index is 0. The van der Waals surface area contributed by atoms with Crippen LogP contribution < -0.4 is 0 Å². The quantitative estimate of drug-likeness (QED) is 0.431. The molecule has 0 radical (unpaired) electrons. The van der Waals surface area contributed by atoms with Crippen LogP contribution in [0.4, 0.5) is 0 Å². The molecule has 0 spiro atoms. The molecule has 0 aromatic heterocycles. The fourth-order valence-corrected chi connectivity index (χ4v) is 0.526. The first-order valence-corrected chi connectivity index (χ1v) is 3.70. The second kappa shape index (κ2) is 16.5. The minimum atomic E-state index is -0.682. The van der Waals surface area contributed by atoms with E-state index in [0.29, 0.717) is 6.42 Å². The maximum absolute atomic E-state index is 9.87. The second-order valence-corrected chi connectivity index (χ2v) is 1.85. The number of unbranched alkanes of at least 4 members (excludes halogenated alkanes) is 2. The third kappa shape index (κ3) is 25.6. The molecule has 0 aliphatic carbocycles.